The number of ether oxygens (including phenoxy) is 2. The second kappa shape index (κ2) is 7.31. The Kier molecular flexibility index (Phi) is 5.71. The van der Waals surface area contributed by atoms with Crippen LogP contribution in [0.4, 0.5) is 0 Å². The average Bonchev–Trinajstić information content (AvgIpc) is 3.14. The normalized spacial score (nSPS) is 23.8. The van der Waals surface area contributed by atoms with Crippen LogP contribution in [0.3, 0.4) is 0 Å². The molecular weight excluding hydrogens is 218 g/mol. The first-order valence-corrected chi connectivity index (χ1v) is 6.89. The van der Waals surface area contributed by atoms with Gasteiger partial charge in [0.05, 0.1) is 12.7 Å². The Balaban J connectivity index is 1.42. The lowest BCUT2D eigenvalue weighted by Crippen LogP contribution is -2.35. The van der Waals surface area contributed by atoms with Crippen LogP contribution < -0.4 is 5.32 Å². The van der Waals surface area contributed by atoms with E-state index in [1.165, 1.54) is 12.8 Å². The first-order chi connectivity index (χ1) is 8.34. The summed E-state index contributed by atoms with van der Waals surface area (Å²) in [5.74, 6) is 1.49. The van der Waals surface area contributed by atoms with Crippen molar-refractivity contribution in [2.45, 2.75) is 31.8 Å². The predicted molar refractivity (Wildman–Crippen MR) is 66.0 cm³/mol. The Bertz CT molecular complexity index is 203. The van der Waals surface area contributed by atoms with Gasteiger partial charge in [0.1, 0.15) is 0 Å². The zero-order valence-corrected chi connectivity index (χ0v) is 10.6. The summed E-state index contributed by atoms with van der Waals surface area (Å²) >= 11 is 0. The third-order valence-electron chi connectivity index (χ3n) is 3.51. The Labute approximate surface area is 104 Å². The molecule has 2 fully saturated rings. The second-order valence-corrected chi connectivity index (χ2v) is 5.35. The van der Waals surface area contributed by atoms with Crippen LogP contribution in [-0.2, 0) is 9.47 Å². The summed E-state index contributed by atoms with van der Waals surface area (Å²) in [6, 6.07) is 0. The van der Waals surface area contributed by atoms with Gasteiger partial charge in [0.15, 0.2) is 0 Å². The lowest BCUT2D eigenvalue weighted by molar-refractivity contribution is 0.0300. The van der Waals surface area contributed by atoms with Gasteiger partial charge < -0.3 is 19.9 Å². The molecular formula is C13H25NO3. The minimum absolute atomic E-state index is 0.367. The molecule has 0 spiro atoms. The van der Waals surface area contributed by atoms with E-state index in [0.29, 0.717) is 19.1 Å². The molecule has 2 aliphatic rings. The van der Waals surface area contributed by atoms with Gasteiger partial charge in [-0.2, -0.15) is 0 Å². The largest absolute Gasteiger partial charge is 0.389 e. The molecule has 2 N–H and O–H groups in total. The van der Waals surface area contributed by atoms with Gasteiger partial charge in [-0.1, -0.05) is 0 Å². The van der Waals surface area contributed by atoms with E-state index in [-0.39, 0.29) is 6.10 Å². The van der Waals surface area contributed by atoms with Crippen molar-refractivity contribution in [3.63, 3.8) is 0 Å². The highest BCUT2D eigenvalue weighted by Crippen LogP contribution is 2.28. The number of rotatable bonds is 8. The fourth-order valence-electron chi connectivity index (χ4n) is 2.12. The molecule has 1 aliphatic heterocycles. The van der Waals surface area contributed by atoms with Gasteiger partial charge in [0, 0.05) is 26.4 Å². The molecule has 1 saturated carbocycles. The van der Waals surface area contributed by atoms with Gasteiger partial charge in [-0.05, 0) is 44.1 Å². The quantitative estimate of drug-likeness (QED) is 0.662. The Morgan fingerprint density at radius 2 is 1.94 bits per heavy atom. The third-order valence-corrected chi connectivity index (χ3v) is 3.51. The molecule has 1 heterocycles. The first-order valence-electron chi connectivity index (χ1n) is 6.89. The van der Waals surface area contributed by atoms with E-state index in [9.17, 15) is 5.11 Å². The average molecular weight is 243 g/mol. The van der Waals surface area contributed by atoms with E-state index in [1.807, 2.05) is 0 Å². The lowest BCUT2D eigenvalue weighted by atomic mass is 10.0. The molecule has 0 amide bonds. The minimum atomic E-state index is -0.367. The van der Waals surface area contributed by atoms with Crippen molar-refractivity contribution in [2.75, 3.05) is 39.5 Å². The molecule has 17 heavy (non-hydrogen) atoms. The highest BCUT2D eigenvalue weighted by molar-refractivity contribution is 4.72. The van der Waals surface area contributed by atoms with Gasteiger partial charge in [-0.3, -0.25) is 0 Å². The number of nitrogens with one attached hydrogen (secondary N) is 1. The maximum absolute atomic E-state index is 9.70. The monoisotopic (exact) mass is 243 g/mol. The van der Waals surface area contributed by atoms with Crippen LogP contribution in [0.25, 0.3) is 0 Å². The fraction of sp³-hybridized carbons (Fsp3) is 1.00. The van der Waals surface area contributed by atoms with Gasteiger partial charge in [-0.25, -0.2) is 0 Å². The number of aliphatic hydroxyl groups is 1. The van der Waals surface area contributed by atoms with Crippen LogP contribution in [-0.4, -0.2) is 50.7 Å². The van der Waals surface area contributed by atoms with Gasteiger partial charge >= 0.3 is 0 Å². The summed E-state index contributed by atoms with van der Waals surface area (Å²) in [5, 5.41) is 13.0. The molecule has 0 aromatic carbocycles. The molecule has 4 heteroatoms. The molecule has 0 bridgehead atoms. The molecule has 2 rings (SSSR count). The van der Waals surface area contributed by atoms with Crippen LogP contribution in [0, 0.1) is 11.8 Å². The SMILES string of the molecule is OC(CNCC1CCOCC1)COCC1CC1. The van der Waals surface area contributed by atoms with Crippen LogP contribution in [0.5, 0.6) is 0 Å². The van der Waals surface area contributed by atoms with E-state index >= 15 is 0 Å². The number of hydrogen-bond donors (Lipinski definition) is 2. The van der Waals surface area contributed by atoms with E-state index in [2.05, 4.69) is 5.32 Å². The van der Waals surface area contributed by atoms with Crippen molar-refractivity contribution in [1.82, 2.24) is 5.32 Å². The van der Waals surface area contributed by atoms with Crippen molar-refractivity contribution in [3.05, 3.63) is 0 Å². The Morgan fingerprint density at radius 3 is 2.65 bits per heavy atom. The number of hydrogen-bond acceptors (Lipinski definition) is 4. The van der Waals surface area contributed by atoms with Crippen molar-refractivity contribution in [1.29, 1.82) is 0 Å². The molecule has 0 aromatic rings. The molecule has 1 aliphatic carbocycles. The molecule has 100 valence electrons. The second-order valence-electron chi connectivity index (χ2n) is 5.35. The fourth-order valence-corrected chi connectivity index (χ4v) is 2.12. The highest BCUT2D eigenvalue weighted by Gasteiger charge is 2.21. The summed E-state index contributed by atoms with van der Waals surface area (Å²) < 4.78 is 10.8. The van der Waals surface area contributed by atoms with Crippen molar-refractivity contribution in [2.24, 2.45) is 11.8 Å². The summed E-state index contributed by atoms with van der Waals surface area (Å²) in [4.78, 5) is 0. The molecule has 1 unspecified atom stereocenters. The van der Waals surface area contributed by atoms with E-state index in [4.69, 9.17) is 9.47 Å². The highest BCUT2D eigenvalue weighted by atomic mass is 16.5. The summed E-state index contributed by atoms with van der Waals surface area (Å²) in [6.45, 7) is 4.71. The topological polar surface area (TPSA) is 50.7 Å². The van der Waals surface area contributed by atoms with Crippen molar-refractivity contribution in [3.8, 4) is 0 Å². The molecule has 0 aromatic heterocycles. The minimum Gasteiger partial charge on any atom is -0.389 e. The number of aliphatic hydroxyl groups excluding tert-OH is 1. The van der Waals surface area contributed by atoms with Crippen molar-refractivity contribution < 1.29 is 14.6 Å². The van der Waals surface area contributed by atoms with Crippen LogP contribution in [0.15, 0.2) is 0 Å². The zero-order valence-electron chi connectivity index (χ0n) is 10.6. The molecule has 1 saturated heterocycles. The third kappa shape index (κ3) is 5.82. The molecule has 4 nitrogen and oxygen atoms in total. The Morgan fingerprint density at radius 1 is 1.18 bits per heavy atom. The van der Waals surface area contributed by atoms with Crippen LogP contribution in [0.2, 0.25) is 0 Å². The molecule has 1 atom stereocenters. The van der Waals surface area contributed by atoms with E-state index < -0.39 is 0 Å². The van der Waals surface area contributed by atoms with Crippen LogP contribution in [0.1, 0.15) is 25.7 Å². The van der Waals surface area contributed by atoms with E-state index in [1.54, 1.807) is 0 Å². The maximum atomic E-state index is 9.70. The maximum Gasteiger partial charge on any atom is 0.0897 e. The van der Waals surface area contributed by atoms with Gasteiger partial charge in [0.25, 0.3) is 0 Å². The van der Waals surface area contributed by atoms with Crippen molar-refractivity contribution >= 4 is 0 Å². The van der Waals surface area contributed by atoms with Gasteiger partial charge in [0.2, 0.25) is 0 Å². The van der Waals surface area contributed by atoms with E-state index in [0.717, 1.165) is 45.1 Å². The standard InChI is InChI=1S/C13H25NO3/c15-13(10-17-9-12-1-2-12)8-14-7-11-3-5-16-6-4-11/h11-15H,1-10H2. The first kappa shape index (κ1) is 13.3. The predicted octanol–water partition coefficient (Wildman–Crippen LogP) is 0.790. The zero-order chi connectivity index (χ0) is 11.9. The lowest BCUT2D eigenvalue weighted by Gasteiger charge is -2.23. The van der Waals surface area contributed by atoms with Crippen LogP contribution >= 0.6 is 0 Å². The summed E-state index contributed by atoms with van der Waals surface area (Å²) in [7, 11) is 0. The smallest absolute Gasteiger partial charge is 0.0897 e. The molecule has 0 radical (unpaired) electrons. The van der Waals surface area contributed by atoms with Gasteiger partial charge in [-0.15, -0.1) is 0 Å². The summed E-state index contributed by atoms with van der Waals surface area (Å²) in [5.41, 5.74) is 0. The summed E-state index contributed by atoms with van der Waals surface area (Å²) in [6.07, 6.45) is 4.52. The Hall–Kier alpha value is -0.160.